The number of fused-ring (bicyclic) bond motifs is 1. The third kappa shape index (κ3) is 6.34. The molecule has 0 atom stereocenters. The normalized spacial score (nSPS) is 15.7. The molecule has 1 aliphatic rings. The molecule has 2 aromatic heterocycles. The first-order valence-electron chi connectivity index (χ1n) is 12.1. The average Bonchev–Trinajstić information content (AvgIpc) is 3.22. The number of rotatable bonds is 10. The van der Waals surface area contributed by atoms with Gasteiger partial charge in [-0.25, -0.2) is 4.98 Å². The van der Waals surface area contributed by atoms with E-state index >= 15 is 0 Å². The topological polar surface area (TPSA) is 42.3 Å². The SMILES string of the molecule is C=Cc1cnc2c(ccn2COCC[Si](C)(C)C)c1NC1CCN(Cc2ccccc2)CC1. The Balaban J connectivity index is 1.40. The van der Waals surface area contributed by atoms with Crippen molar-refractivity contribution in [3.8, 4) is 0 Å². The third-order valence-corrected chi connectivity index (χ3v) is 8.15. The van der Waals surface area contributed by atoms with Gasteiger partial charge in [0.15, 0.2) is 0 Å². The molecule has 4 rings (SSSR count). The van der Waals surface area contributed by atoms with E-state index in [-0.39, 0.29) is 0 Å². The van der Waals surface area contributed by atoms with Gasteiger partial charge in [0.05, 0.1) is 5.69 Å². The Hall–Kier alpha value is -2.41. The number of benzene rings is 1. The van der Waals surface area contributed by atoms with Gasteiger partial charge in [0.25, 0.3) is 0 Å². The Morgan fingerprint density at radius 1 is 1.15 bits per heavy atom. The van der Waals surface area contributed by atoms with Crippen LogP contribution in [0.5, 0.6) is 0 Å². The Morgan fingerprint density at radius 2 is 1.91 bits per heavy atom. The molecular formula is C27H38N4OSi. The van der Waals surface area contributed by atoms with Crippen molar-refractivity contribution in [2.24, 2.45) is 0 Å². The van der Waals surface area contributed by atoms with E-state index in [0.717, 1.165) is 61.4 Å². The highest BCUT2D eigenvalue weighted by Crippen LogP contribution is 2.30. The lowest BCUT2D eigenvalue weighted by atomic mass is 10.0. The van der Waals surface area contributed by atoms with Crippen LogP contribution in [0.25, 0.3) is 17.1 Å². The highest BCUT2D eigenvalue weighted by molar-refractivity contribution is 6.76. The third-order valence-electron chi connectivity index (χ3n) is 6.45. The minimum absolute atomic E-state index is 0.456. The molecule has 1 aliphatic heterocycles. The standard InChI is InChI=1S/C27H38N4OSi/c1-5-23-19-28-27-25(13-16-31(27)21-32-17-18-33(2,3)4)26(23)29-24-11-14-30(15-12-24)20-22-9-7-6-8-10-22/h5-10,13,16,19,24H,1,11-12,14-15,17-18,20-21H2,2-4H3,(H,28,29). The summed E-state index contributed by atoms with van der Waals surface area (Å²) in [5, 5.41) is 4.99. The number of piperidine rings is 1. The molecule has 3 aromatic rings. The van der Waals surface area contributed by atoms with Crippen molar-refractivity contribution in [1.82, 2.24) is 14.5 Å². The van der Waals surface area contributed by atoms with E-state index in [1.165, 1.54) is 11.6 Å². The maximum atomic E-state index is 5.98. The molecule has 0 unspecified atom stereocenters. The quantitative estimate of drug-likeness (QED) is 0.293. The van der Waals surface area contributed by atoms with Crippen molar-refractivity contribution in [3.05, 3.63) is 66.5 Å². The number of ether oxygens (including phenoxy) is 1. The molecule has 0 spiro atoms. The fraction of sp³-hybridized carbons (Fsp3) is 0.444. The highest BCUT2D eigenvalue weighted by atomic mass is 28.3. The van der Waals surface area contributed by atoms with Crippen LogP contribution in [-0.4, -0.2) is 48.3 Å². The number of nitrogens with zero attached hydrogens (tertiary/aromatic N) is 3. The van der Waals surface area contributed by atoms with Crippen LogP contribution in [0.2, 0.25) is 25.7 Å². The summed E-state index contributed by atoms with van der Waals surface area (Å²) >= 11 is 0. The predicted molar refractivity (Wildman–Crippen MR) is 142 cm³/mol. The summed E-state index contributed by atoms with van der Waals surface area (Å²) in [6.45, 7) is 15.8. The van der Waals surface area contributed by atoms with Gasteiger partial charge in [-0.15, -0.1) is 0 Å². The van der Waals surface area contributed by atoms with E-state index in [2.05, 4.69) is 83.6 Å². The van der Waals surface area contributed by atoms with Gasteiger partial charge in [-0.2, -0.15) is 0 Å². The summed E-state index contributed by atoms with van der Waals surface area (Å²) < 4.78 is 8.09. The van der Waals surface area contributed by atoms with E-state index in [1.807, 2.05) is 12.3 Å². The van der Waals surface area contributed by atoms with Crippen molar-refractivity contribution in [3.63, 3.8) is 0 Å². The minimum Gasteiger partial charge on any atom is -0.381 e. The molecule has 5 nitrogen and oxygen atoms in total. The molecule has 1 saturated heterocycles. The second-order valence-electron chi connectivity index (χ2n) is 10.3. The van der Waals surface area contributed by atoms with E-state index in [0.29, 0.717) is 12.8 Å². The second kappa shape index (κ2) is 10.7. The number of hydrogen-bond acceptors (Lipinski definition) is 4. The molecule has 3 heterocycles. The zero-order valence-electron chi connectivity index (χ0n) is 20.4. The van der Waals surface area contributed by atoms with Gasteiger partial charge >= 0.3 is 0 Å². The monoisotopic (exact) mass is 462 g/mol. The lowest BCUT2D eigenvalue weighted by molar-refractivity contribution is 0.0899. The summed E-state index contributed by atoms with van der Waals surface area (Å²) in [4.78, 5) is 7.28. The van der Waals surface area contributed by atoms with Crippen molar-refractivity contribution < 1.29 is 4.74 Å². The fourth-order valence-corrected chi connectivity index (χ4v) is 5.15. The molecule has 0 amide bonds. The van der Waals surface area contributed by atoms with E-state index in [4.69, 9.17) is 9.72 Å². The van der Waals surface area contributed by atoms with Crippen LogP contribution < -0.4 is 5.32 Å². The average molecular weight is 463 g/mol. The molecule has 1 aromatic carbocycles. The molecule has 1 fully saturated rings. The smallest absolute Gasteiger partial charge is 0.143 e. The van der Waals surface area contributed by atoms with Crippen molar-refractivity contribution in [2.45, 2.75) is 57.8 Å². The molecular weight excluding hydrogens is 424 g/mol. The Labute approximate surface area is 199 Å². The molecule has 1 N–H and O–H groups in total. The first-order valence-corrected chi connectivity index (χ1v) is 15.8. The molecule has 0 saturated carbocycles. The number of aromatic nitrogens is 2. The zero-order valence-corrected chi connectivity index (χ0v) is 21.4. The maximum absolute atomic E-state index is 5.98. The largest absolute Gasteiger partial charge is 0.381 e. The van der Waals surface area contributed by atoms with Gasteiger partial charge in [0.1, 0.15) is 12.4 Å². The lowest BCUT2D eigenvalue weighted by Crippen LogP contribution is -2.38. The number of nitrogens with one attached hydrogen (secondary N) is 1. The van der Waals surface area contributed by atoms with Crippen LogP contribution in [0.3, 0.4) is 0 Å². The van der Waals surface area contributed by atoms with Crippen molar-refractivity contribution in [2.75, 3.05) is 25.0 Å². The van der Waals surface area contributed by atoms with Gasteiger partial charge in [-0.1, -0.05) is 62.6 Å². The Morgan fingerprint density at radius 3 is 2.61 bits per heavy atom. The number of pyridine rings is 1. The van der Waals surface area contributed by atoms with E-state index in [9.17, 15) is 0 Å². The molecule has 6 heteroatoms. The maximum Gasteiger partial charge on any atom is 0.143 e. The van der Waals surface area contributed by atoms with Gasteiger partial charge in [0, 0.05) is 63.7 Å². The fourth-order valence-electron chi connectivity index (χ4n) is 4.40. The number of likely N-dealkylation sites (tertiary alicyclic amines) is 1. The van der Waals surface area contributed by atoms with Crippen LogP contribution >= 0.6 is 0 Å². The van der Waals surface area contributed by atoms with Gasteiger partial charge < -0.3 is 14.6 Å². The second-order valence-corrected chi connectivity index (χ2v) is 16.0. The minimum atomic E-state index is -1.08. The lowest BCUT2D eigenvalue weighted by Gasteiger charge is -2.33. The van der Waals surface area contributed by atoms with Crippen LogP contribution in [0.15, 0.2) is 55.4 Å². The summed E-state index contributed by atoms with van der Waals surface area (Å²) in [5.41, 5.74) is 4.57. The van der Waals surface area contributed by atoms with Crippen LogP contribution in [0.1, 0.15) is 24.0 Å². The molecule has 0 aliphatic carbocycles. The van der Waals surface area contributed by atoms with Gasteiger partial charge in [-0.05, 0) is 30.5 Å². The van der Waals surface area contributed by atoms with Gasteiger partial charge in [-0.3, -0.25) is 4.90 Å². The van der Waals surface area contributed by atoms with Crippen LogP contribution in [-0.2, 0) is 18.0 Å². The van der Waals surface area contributed by atoms with E-state index in [1.54, 1.807) is 0 Å². The number of hydrogen-bond donors (Lipinski definition) is 1. The summed E-state index contributed by atoms with van der Waals surface area (Å²) in [6, 6.07) is 14.6. The zero-order chi connectivity index (χ0) is 23.3. The van der Waals surface area contributed by atoms with Crippen molar-refractivity contribution >= 4 is 30.9 Å². The summed E-state index contributed by atoms with van der Waals surface area (Å²) in [7, 11) is -1.08. The number of anilines is 1. The Kier molecular flexibility index (Phi) is 7.68. The van der Waals surface area contributed by atoms with E-state index < -0.39 is 8.07 Å². The summed E-state index contributed by atoms with van der Waals surface area (Å²) in [6.07, 6.45) is 8.19. The molecule has 0 radical (unpaired) electrons. The Bertz CT molecular complexity index is 1050. The summed E-state index contributed by atoms with van der Waals surface area (Å²) in [5.74, 6) is 0. The van der Waals surface area contributed by atoms with Crippen LogP contribution in [0, 0.1) is 0 Å². The highest BCUT2D eigenvalue weighted by Gasteiger charge is 2.21. The van der Waals surface area contributed by atoms with Crippen molar-refractivity contribution in [1.29, 1.82) is 0 Å². The predicted octanol–water partition coefficient (Wildman–Crippen LogP) is 6.07. The van der Waals surface area contributed by atoms with Crippen LogP contribution in [0.4, 0.5) is 5.69 Å². The molecule has 0 bridgehead atoms. The first-order chi connectivity index (χ1) is 15.9. The first kappa shape index (κ1) is 23.7. The molecule has 33 heavy (non-hydrogen) atoms. The van der Waals surface area contributed by atoms with Gasteiger partial charge in [0.2, 0.25) is 0 Å². The molecule has 176 valence electrons.